The molecule has 0 radical (unpaired) electrons. The van der Waals surface area contributed by atoms with Crippen LogP contribution in [-0.4, -0.2) is 12.1 Å². The molecular formula is C22H17BrN2O. The molecule has 0 aromatic heterocycles. The summed E-state index contributed by atoms with van der Waals surface area (Å²) >= 11 is 3.45. The molecule has 3 aromatic rings. The standard InChI is InChI=1S/C22H17BrN2O/c23-17-11-13-18(14-12-17)25-21(15-10-16-6-2-1-3-7-16)24-20-9-5-4-8-19(20)22(25)26/h1-15,21,24H/b15-10+/t21-/m0/s1. The molecular weight excluding hydrogens is 388 g/mol. The van der Waals surface area contributed by atoms with Crippen molar-refractivity contribution < 1.29 is 4.79 Å². The fourth-order valence-corrected chi connectivity index (χ4v) is 3.32. The minimum atomic E-state index is -0.265. The Kier molecular flexibility index (Phi) is 4.59. The lowest BCUT2D eigenvalue weighted by atomic mass is 10.1. The Hall–Kier alpha value is -2.85. The van der Waals surface area contributed by atoms with Gasteiger partial charge in [-0.3, -0.25) is 9.69 Å². The van der Waals surface area contributed by atoms with E-state index in [1.165, 1.54) is 0 Å². The van der Waals surface area contributed by atoms with E-state index in [-0.39, 0.29) is 12.1 Å². The second kappa shape index (κ2) is 7.18. The van der Waals surface area contributed by atoms with E-state index < -0.39 is 0 Å². The Morgan fingerprint density at radius 1 is 0.885 bits per heavy atom. The molecule has 0 saturated carbocycles. The lowest BCUT2D eigenvalue weighted by Crippen LogP contribution is -2.48. The van der Waals surface area contributed by atoms with Crippen LogP contribution in [0, 0.1) is 0 Å². The number of para-hydroxylation sites is 1. The van der Waals surface area contributed by atoms with Crippen LogP contribution in [-0.2, 0) is 0 Å². The molecule has 1 amide bonds. The van der Waals surface area contributed by atoms with Crippen LogP contribution in [0.5, 0.6) is 0 Å². The summed E-state index contributed by atoms with van der Waals surface area (Å²) in [6, 6.07) is 25.5. The van der Waals surface area contributed by atoms with Crippen molar-refractivity contribution in [1.82, 2.24) is 0 Å². The fourth-order valence-electron chi connectivity index (χ4n) is 3.06. The number of rotatable bonds is 3. The van der Waals surface area contributed by atoms with E-state index in [2.05, 4.69) is 21.2 Å². The number of amides is 1. The zero-order valence-electron chi connectivity index (χ0n) is 14.0. The zero-order chi connectivity index (χ0) is 17.9. The quantitative estimate of drug-likeness (QED) is 0.619. The molecule has 0 fully saturated rings. The van der Waals surface area contributed by atoms with E-state index >= 15 is 0 Å². The summed E-state index contributed by atoms with van der Waals surface area (Å²) in [5.74, 6) is -0.00983. The molecule has 0 saturated heterocycles. The van der Waals surface area contributed by atoms with Gasteiger partial charge in [0, 0.05) is 15.8 Å². The van der Waals surface area contributed by atoms with Crippen LogP contribution in [0.3, 0.4) is 0 Å². The van der Waals surface area contributed by atoms with Crippen molar-refractivity contribution in [2.75, 3.05) is 10.2 Å². The topological polar surface area (TPSA) is 32.3 Å². The van der Waals surface area contributed by atoms with Gasteiger partial charge in [0.2, 0.25) is 0 Å². The van der Waals surface area contributed by atoms with Gasteiger partial charge < -0.3 is 5.32 Å². The van der Waals surface area contributed by atoms with Gasteiger partial charge in [0.15, 0.2) is 0 Å². The third-order valence-electron chi connectivity index (χ3n) is 4.33. The van der Waals surface area contributed by atoms with Gasteiger partial charge in [0.05, 0.1) is 5.56 Å². The first-order chi connectivity index (χ1) is 12.7. The summed E-state index contributed by atoms with van der Waals surface area (Å²) in [5, 5.41) is 3.47. The molecule has 1 N–H and O–H groups in total. The van der Waals surface area contributed by atoms with E-state index in [9.17, 15) is 4.79 Å². The average molecular weight is 405 g/mol. The molecule has 128 valence electrons. The highest BCUT2D eigenvalue weighted by Gasteiger charge is 2.31. The van der Waals surface area contributed by atoms with Gasteiger partial charge in [0.1, 0.15) is 6.17 Å². The van der Waals surface area contributed by atoms with Crippen LogP contribution in [0.15, 0.2) is 89.4 Å². The van der Waals surface area contributed by atoms with Crippen molar-refractivity contribution in [3.63, 3.8) is 0 Å². The molecule has 1 atom stereocenters. The number of fused-ring (bicyclic) bond motifs is 1. The van der Waals surface area contributed by atoms with E-state index in [4.69, 9.17) is 0 Å². The monoisotopic (exact) mass is 404 g/mol. The number of hydrogen-bond acceptors (Lipinski definition) is 2. The van der Waals surface area contributed by atoms with Gasteiger partial charge in [0.25, 0.3) is 5.91 Å². The molecule has 3 aromatic carbocycles. The molecule has 1 heterocycles. The predicted octanol–water partition coefficient (Wildman–Crippen LogP) is 5.56. The highest BCUT2D eigenvalue weighted by atomic mass is 79.9. The van der Waals surface area contributed by atoms with Crippen LogP contribution in [0.2, 0.25) is 0 Å². The molecule has 1 aliphatic rings. The van der Waals surface area contributed by atoms with Gasteiger partial charge in [-0.15, -0.1) is 0 Å². The Bertz CT molecular complexity index is 951. The third kappa shape index (κ3) is 3.28. The van der Waals surface area contributed by atoms with Gasteiger partial charge in [-0.25, -0.2) is 0 Å². The largest absolute Gasteiger partial charge is 0.361 e. The summed E-state index contributed by atoms with van der Waals surface area (Å²) in [6.07, 6.45) is 3.79. The van der Waals surface area contributed by atoms with Gasteiger partial charge >= 0.3 is 0 Å². The summed E-state index contributed by atoms with van der Waals surface area (Å²) < 4.78 is 0.982. The molecule has 26 heavy (non-hydrogen) atoms. The Labute approximate surface area is 161 Å². The Morgan fingerprint density at radius 2 is 1.58 bits per heavy atom. The smallest absolute Gasteiger partial charge is 0.262 e. The molecule has 0 aliphatic carbocycles. The van der Waals surface area contributed by atoms with Crippen molar-refractivity contribution in [3.8, 4) is 0 Å². The first-order valence-electron chi connectivity index (χ1n) is 8.40. The lowest BCUT2D eigenvalue weighted by Gasteiger charge is -2.36. The average Bonchev–Trinajstić information content (AvgIpc) is 2.68. The number of anilines is 2. The fraction of sp³-hybridized carbons (Fsp3) is 0.0455. The van der Waals surface area contributed by atoms with E-state index in [1.54, 1.807) is 4.90 Å². The molecule has 1 aliphatic heterocycles. The van der Waals surface area contributed by atoms with Gasteiger partial charge in [-0.1, -0.05) is 64.5 Å². The van der Waals surface area contributed by atoms with E-state index in [0.717, 1.165) is 21.4 Å². The second-order valence-corrected chi connectivity index (χ2v) is 6.97. The number of benzene rings is 3. The minimum Gasteiger partial charge on any atom is -0.361 e. The van der Waals surface area contributed by atoms with Crippen molar-refractivity contribution in [2.24, 2.45) is 0 Å². The van der Waals surface area contributed by atoms with Crippen molar-refractivity contribution >= 4 is 39.3 Å². The number of carbonyl (C=O) groups excluding carboxylic acids is 1. The highest BCUT2D eigenvalue weighted by Crippen LogP contribution is 2.31. The summed E-state index contributed by atoms with van der Waals surface area (Å²) in [6.45, 7) is 0. The summed E-state index contributed by atoms with van der Waals surface area (Å²) in [4.78, 5) is 15.0. The number of hydrogen-bond donors (Lipinski definition) is 1. The first kappa shape index (κ1) is 16.6. The van der Waals surface area contributed by atoms with Gasteiger partial charge in [-0.2, -0.15) is 0 Å². The summed E-state index contributed by atoms with van der Waals surface area (Å²) in [5.41, 5.74) is 3.48. The number of nitrogens with one attached hydrogen (secondary N) is 1. The number of nitrogens with zero attached hydrogens (tertiary/aromatic N) is 1. The second-order valence-electron chi connectivity index (χ2n) is 6.06. The molecule has 0 bridgehead atoms. The van der Waals surface area contributed by atoms with Crippen LogP contribution in [0.25, 0.3) is 6.08 Å². The van der Waals surface area contributed by atoms with Crippen LogP contribution in [0.4, 0.5) is 11.4 Å². The van der Waals surface area contributed by atoms with Gasteiger partial charge in [-0.05, 0) is 48.0 Å². The maximum Gasteiger partial charge on any atom is 0.262 e. The molecule has 0 unspecified atom stereocenters. The first-order valence-corrected chi connectivity index (χ1v) is 9.19. The van der Waals surface area contributed by atoms with Crippen LogP contribution < -0.4 is 10.2 Å². The molecule has 4 rings (SSSR count). The van der Waals surface area contributed by atoms with Crippen molar-refractivity contribution in [3.05, 3.63) is 101 Å². The maximum atomic E-state index is 13.2. The number of halogens is 1. The normalized spacial score (nSPS) is 16.4. The Morgan fingerprint density at radius 3 is 2.35 bits per heavy atom. The van der Waals surface area contributed by atoms with Crippen molar-refractivity contribution in [2.45, 2.75) is 6.17 Å². The number of carbonyl (C=O) groups is 1. The van der Waals surface area contributed by atoms with E-state index in [0.29, 0.717) is 5.56 Å². The zero-order valence-corrected chi connectivity index (χ0v) is 15.6. The molecule has 4 heteroatoms. The highest BCUT2D eigenvalue weighted by molar-refractivity contribution is 9.10. The minimum absolute atomic E-state index is 0.00983. The van der Waals surface area contributed by atoms with Crippen molar-refractivity contribution in [1.29, 1.82) is 0 Å². The van der Waals surface area contributed by atoms with Crippen LogP contribution in [0.1, 0.15) is 15.9 Å². The third-order valence-corrected chi connectivity index (χ3v) is 4.86. The molecule has 3 nitrogen and oxygen atoms in total. The Balaban J connectivity index is 1.74. The van der Waals surface area contributed by atoms with Crippen LogP contribution >= 0.6 is 15.9 Å². The maximum absolute atomic E-state index is 13.2. The lowest BCUT2D eigenvalue weighted by molar-refractivity contribution is 0.0980. The van der Waals surface area contributed by atoms with E-state index in [1.807, 2.05) is 91.0 Å². The SMILES string of the molecule is O=C1c2ccccc2N[C@H](/C=C/c2ccccc2)N1c1ccc(Br)cc1. The summed E-state index contributed by atoms with van der Waals surface area (Å²) in [7, 11) is 0. The molecule has 0 spiro atoms. The predicted molar refractivity (Wildman–Crippen MR) is 110 cm³/mol.